The lowest BCUT2D eigenvalue weighted by Crippen LogP contribution is -2.49. The van der Waals surface area contributed by atoms with Crippen molar-refractivity contribution >= 4 is 17.7 Å². The van der Waals surface area contributed by atoms with Gasteiger partial charge in [0, 0.05) is 6.42 Å². The summed E-state index contributed by atoms with van der Waals surface area (Å²) < 4.78 is 10.8. The number of hydroxylamine groups is 2. The maximum absolute atomic E-state index is 12.7. The van der Waals surface area contributed by atoms with Gasteiger partial charge in [0.05, 0.1) is 13.2 Å². The molecule has 1 heterocycles. The molecule has 28 heavy (non-hydrogen) atoms. The Labute approximate surface area is 164 Å². The van der Waals surface area contributed by atoms with Gasteiger partial charge in [0.2, 0.25) is 0 Å². The van der Waals surface area contributed by atoms with Gasteiger partial charge in [-0.3, -0.25) is 14.4 Å². The fraction of sp³-hybridized carbons (Fsp3) is 0.550. The Morgan fingerprint density at radius 1 is 1.25 bits per heavy atom. The Hall–Kier alpha value is -2.29. The van der Waals surface area contributed by atoms with Crippen molar-refractivity contribution in [2.24, 2.45) is 0 Å². The van der Waals surface area contributed by atoms with Gasteiger partial charge in [0.25, 0.3) is 0 Å². The number of hydrogen-bond donors (Lipinski definition) is 1. The van der Waals surface area contributed by atoms with Crippen molar-refractivity contribution in [3.63, 3.8) is 0 Å². The van der Waals surface area contributed by atoms with Crippen LogP contribution in [-0.2, 0) is 30.5 Å². The fourth-order valence-electron chi connectivity index (χ4n) is 2.68. The van der Waals surface area contributed by atoms with E-state index in [9.17, 15) is 19.5 Å². The molecule has 0 saturated carbocycles. The van der Waals surface area contributed by atoms with E-state index in [0.717, 1.165) is 12.5 Å². The quantitative estimate of drug-likeness (QED) is 0.707. The van der Waals surface area contributed by atoms with E-state index in [4.69, 9.17) is 14.3 Å². The number of carbonyl (C=O) groups is 3. The van der Waals surface area contributed by atoms with Crippen molar-refractivity contribution in [3.8, 4) is 0 Å². The summed E-state index contributed by atoms with van der Waals surface area (Å²) in [4.78, 5) is 42.1. The molecule has 8 nitrogen and oxygen atoms in total. The van der Waals surface area contributed by atoms with Crippen LogP contribution in [0.5, 0.6) is 0 Å². The smallest absolute Gasteiger partial charge is 0.435 e. The van der Waals surface area contributed by atoms with Crippen LogP contribution in [0.15, 0.2) is 30.3 Å². The first kappa shape index (κ1) is 22.0. The summed E-state index contributed by atoms with van der Waals surface area (Å²) in [5.74, 6) is -1.20. The van der Waals surface area contributed by atoms with Gasteiger partial charge in [0.15, 0.2) is 17.6 Å². The molecule has 8 heteroatoms. The van der Waals surface area contributed by atoms with Crippen LogP contribution in [0, 0.1) is 0 Å². The Kier molecular flexibility index (Phi) is 7.29. The molecule has 0 spiro atoms. The molecule has 1 aromatic carbocycles. The van der Waals surface area contributed by atoms with Crippen LogP contribution >= 0.6 is 0 Å². The number of rotatable bonds is 7. The average molecular weight is 393 g/mol. The molecule has 0 aliphatic carbocycles. The maximum Gasteiger partial charge on any atom is 0.435 e. The summed E-state index contributed by atoms with van der Waals surface area (Å²) in [6.45, 7) is 6.70. The molecular weight excluding hydrogens is 366 g/mol. The van der Waals surface area contributed by atoms with Crippen molar-refractivity contribution in [2.75, 3.05) is 6.61 Å². The molecule has 3 atom stereocenters. The second kappa shape index (κ2) is 9.27. The van der Waals surface area contributed by atoms with Gasteiger partial charge >= 0.3 is 6.09 Å². The molecule has 1 amide bonds. The highest BCUT2D eigenvalue weighted by Gasteiger charge is 2.50. The van der Waals surface area contributed by atoms with Gasteiger partial charge in [-0.15, -0.1) is 0 Å². The van der Waals surface area contributed by atoms with Gasteiger partial charge in [-0.2, -0.15) is 5.06 Å². The lowest BCUT2D eigenvalue weighted by atomic mass is 9.99. The first-order valence-corrected chi connectivity index (χ1v) is 9.13. The minimum Gasteiger partial charge on any atom is -0.442 e. The molecule has 0 radical (unpaired) electrons. The zero-order chi connectivity index (χ0) is 20.9. The lowest BCUT2D eigenvalue weighted by molar-refractivity contribution is -0.168. The van der Waals surface area contributed by atoms with E-state index in [-0.39, 0.29) is 13.0 Å². The van der Waals surface area contributed by atoms with Gasteiger partial charge in [0.1, 0.15) is 17.8 Å². The van der Waals surface area contributed by atoms with E-state index < -0.39 is 41.5 Å². The topological polar surface area (TPSA) is 102 Å². The van der Waals surface area contributed by atoms with Gasteiger partial charge < -0.3 is 14.6 Å². The minimum atomic E-state index is -1.68. The number of carbonyl (C=O) groups excluding carboxylic acids is 3. The normalized spacial score (nSPS) is 20.9. The molecule has 1 aliphatic rings. The highest BCUT2D eigenvalue weighted by atomic mass is 16.7. The second-order valence-corrected chi connectivity index (χ2v) is 7.63. The number of ketones is 2. The average Bonchev–Trinajstić information content (AvgIpc) is 2.94. The number of ether oxygens (including phenoxy) is 2. The summed E-state index contributed by atoms with van der Waals surface area (Å²) in [5, 5.41) is 10.8. The summed E-state index contributed by atoms with van der Waals surface area (Å²) in [6.07, 6.45) is -3.46. The first-order valence-electron chi connectivity index (χ1n) is 9.13. The molecule has 0 aromatic heterocycles. The second-order valence-electron chi connectivity index (χ2n) is 7.63. The Bertz CT molecular complexity index is 698. The Morgan fingerprint density at radius 2 is 1.89 bits per heavy atom. The van der Waals surface area contributed by atoms with Crippen molar-refractivity contribution in [3.05, 3.63) is 35.9 Å². The maximum atomic E-state index is 12.7. The molecule has 1 N–H and O–H groups in total. The summed E-state index contributed by atoms with van der Waals surface area (Å²) in [6, 6.07) is 8.09. The third-order valence-corrected chi connectivity index (χ3v) is 4.03. The highest BCUT2D eigenvalue weighted by molar-refractivity contribution is 5.98. The largest absolute Gasteiger partial charge is 0.442 e. The molecule has 1 aromatic rings. The van der Waals surface area contributed by atoms with Crippen LogP contribution < -0.4 is 0 Å². The molecule has 0 bridgehead atoms. The van der Waals surface area contributed by atoms with Crippen LogP contribution in [0.25, 0.3) is 0 Å². The SMILES string of the molecule is CC(=O)[C@H](O)[C@H]1C(=O)[C@@H](CCOCc2ccccc2)ON1C(=O)OC(C)(C)C. The first-order chi connectivity index (χ1) is 13.1. The summed E-state index contributed by atoms with van der Waals surface area (Å²) in [5.41, 5.74) is 0.160. The number of nitrogens with zero attached hydrogens (tertiary/aromatic N) is 1. The summed E-state index contributed by atoms with van der Waals surface area (Å²) in [7, 11) is 0. The third-order valence-electron chi connectivity index (χ3n) is 4.03. The lowest BCUT2D eigenvalue weighted by Gasteiger charge is -2.27. The van der Waals surface area contributed by atoms with E-state index in [1.807, 2.05) is 30.3 Å². The molecular formula is C20H27NO7. The van der Waals surface area contributed by atoms with E-state index >= 15 is 0 Å². The minimum absolute atomic E-state index is 0.173. The predicted molar refractivity (Wildman–Crippen MR) is 99.1 cm³/mol. The zero-order valence-corrected chi connectivity index (χ0v) is 16.6. The van der Waals surface area contributed by atoms with E-state index in [1.165, 1.54) is 0 Å². The van der Waals surface area contributed by atoms with Crippen molar-refractivity contribution in [2.45, 2.75) is 64.6 Å². The molecule has 0 unspecified atom stereocenters. The monoisotopic (exact) mass is 393 g/mol. The van der Waals surface area contributed by atoms with E-state index in [0.29, 0.717) is 11.7 Å². The molecule has 1 fully saturated rings. The van der Waals surface area contributed by atoms with Crippen LogP contribution in [0.2, 0.25) is 0 Å². The third kappa shape index (κ3) is 5.85. The van der Waals surface area contributed by atoms with Crippen LogP contribution in [0.3, 0.4) is 0 Å². The van der Waals surface area contributed by atoms with Crippen LogP contribution in [0.1, 0.15) is 39.7 Å². The number of Topliss-reactive ketones (excluding diaryl/α,β-unsaturated/α-hetero) is 2. The molecule has 154 valence electrons. The zero-order valence-electron chi connectivity index (χ0n) is 16.6. The molecule has 1 aliphatic heterocycles. The standard InChI is InChI=1S/C20H27NO7/c1-13(22)17(23)16-18(24)15(28-21(16)19(25)27-20(2,3)4)10-11-26-12-14-8-6-5-7-9-14/h5-9,15-17,23H,10-12H2,1-4H3/t15-,16+,17+/m1/s1. The predicted octanol–water partition coefficient (Wildman–Crippen LogP) is 2.03. The number of hydrogen-bond acceptors (Lipinski definition) is 7. The van der Waals surface area contributed by atoms with Gasteiger partial charge in [-0.05, 0) is 33.3 Å². The van der Waals surface area contributed by atoms with Crippen molar-refractivity contribution in [1.82, 2.24) is 5.06 Å². The fourth-order valence-corrected chi connectivity index (χ4v) is 2.68. The number of aliphatic hydroxyl groups excluding tert-OH is 1. The van der Waals surface area contributed by atoms with Gasteiger partial charge in [-0.1, -0.05) is 30.3 Å². The van der Waals surface area contributed by atoms with E-state index in [1.54, 1.807) is 20.8 Å². The number of amides is 1. The van der Waals surface area contributed by atoms with E-state index in [2.05, 4.69) is 0 Å². The van der Waals surface area contributed by atoms with Crippen LogP contribution in [0.4, 0.5) is 4.79 Å². The number of benzene rings is 1. The van der Waals surface area contributed by atoms with Crippen LogP contribution in [-0.4, -0.2) is 58.3 Å². The summed E-state index contributed by atoms with van der Waals surface area (Å²) >= 11 is 0. The number of aliphatic hydroxyl groups is 1. The Balaban J connectivity index is 2.00. The molecule has 2 rings (SSSR count). The van der Waals surface area contributed by atoms with Crippen molar-refractivity contribution in [1.29, 1.82) is 0 Å². The van der Waals surface area contributed by atoms with Crippen molar-refractivity contribution < 1.29 is 33.8 Å². The Morgan fingerprint density at radius 3 is 2.46 bits per heavy atom. The molecule has 1 saturated heterocycles. The van der Waals surface area contributed by atoms with Gasteiger partial charge in [-0.25, -0.2) is 4.79 Å². The highest BCUT2D eigenvalue weighted by Crippen LogP contribution is 2.26.